The van der Waals surface area contributed by atoms with Gasteiger partial charge in [-0.05, 0) is 62.2 Å². The predicted octanol–water partition coefficient (Wildman–Crippen LogP) is 6.31. The number of rotatable bonds is 8. The van der Waals surface area contributed by atoms with Crippen molar-refractivity contribution in [1.82, 2.24) is 9.97 Å². The third-order valence-corrected chi connectivity index (χ3v) is 5.29. The molecule has 1 aliphatic carbocycles. The fourth-order valence-corrected chi connectivity index (χ4v) is 3.62. The maximum atomic E-state index is 12.0. The number of unbranched alkanes of at least 4 members (excludes halogenated alkanes) is 2. The topological polar surface area (TPSA) is 52.1 Å². The van der Waals surface area contributed by atoms with Crippen LogP contribution in [0, 0.1) is 5.41 Å². The van der Waals surface area contributed by atoms with E-state index in [9.17, 15) is 4.79 Å². The third kappa shape index (κ3) is 6.43. The van der Waals surface area contributed by atoms with E-state index in [4.69, 9.17) is 4.74 Å². The number of carbonyl (C=O) groups excluding carboxylic acids is 1. The highest BCUT2D eigenvalue weighted by atomic mass is 16.5. The second-order valence-electron chi connectivity index (χ2n) is 8.32. The molecule has 0 N–H and O–H groups in total. The number of ether oxygens (including phenoxy) is 1. The zero-order valence-electron chi connectivity index (χ0n) is 18.0. The zero-order valence-corrected chi connectivity index (χ0v) is 18.0. The van der Waals surface area contributed by atoms with Crippen molar-refractivity contribution in [2.24, 2.45) is 5.41 Å². The van der Waals surface area contributed by atoms with Gasteiger partial charge in [0.1, 0.15) is 0 Å². The van der Waals surface area contributed by atoms with Crippen LogP contribution < -0.4 is 0 Å². The van der Waals surface area contributed by atoms with Gasteiger partial charge >= 0.3 is 5.97 Å². The highest BCUT2D eigenvalue weighted by Gasteiger charge is 2.26. The molecule has 0 aromatic carbocycles. The smallest absolute Gasteiger partial charge is 0.358 e. The SMILES string of the molecule is CCCCCOC(=O)c1cnc(/C=C(\C)C=CC2=C(C)CCCC2(C)C)cn1. The van der Waals surface area contributed by atoms with Crippen LogP contribution in [0.25, 0.3) is 6.08 Å². The summed E-state index contributed by atoms with van der Waals surface area (Å²) in [4.78, 5) is 20.5. The molecule has 1 aliphatic rings. The molecule has 0 saturated carbocycles. The van der Waals surface area contributed by atoms with Crippen molar-refractivity contribution in [1.29, 1.82) is 0 Å². The van der Waals surface area contributed by atoms with Crippen LogP contribution in [0.2, 0.25) is 0 Å². The van der Waals surface area contributed by atoms with Crippen molar-refractivity contribution in [2.45, 2.75) is 73.1 Å². The standard InChI is InChI=1S/C24H34N2O2/c1-6-7-8-14-28-23(27)22-17-25-20(16-26-22)15-18(2)11-12-21-19(3)10-9-13-24(21,4)5/h11-12,15-17H,6-10,13-14H2,1-5H3/b12-11?,18-15+. The lowest BCUT2D eigenvalue weighted by Crippen LogP contribution is -2.19. The Morgan fingerprint density at radius 1 is 1.25 bits per heavy atom. The molecule has 1 heterocycles. The van der Waals surface area contributed by atoms with E-state index in [0.29, 0.717) is 6.61 Å². The molecule has 0 saturated heterocycles. The first-order valence-corrected chi connectivity index (χ1v) is 10.4. The van der Waals surface area contributed by atoms with Gasteiger partial charge in [0, 0.05) is 0 Å². The monoisotopic (exact) mass is 382 g/mol. The van der Waals surface area contributed by atoms with Crippen LogP contribution in [0.4, 0.5) is 0 Å². The van der Waals surface area contributed by atoms with Crippen molar-refractivity contribution in [3.05, 3.63) is 52.7 Å². The van der Waals surface area contributed by atoms with Gasteiger partial charge in [-0.25, -0.2) is 9.78 Å². The molecule has 0 radical (unpaired) electrons. The minimum atomic E-state index is -0.405. The zero-order chi connectivity index (χ0) is 20.6. The van der Waals surface area contributed by atoms with Gasteiger partial charge in [0.05, 0.1) is 24.7 Å². The van der Waals surface area contributed by atoms with Gasteiger partial charge in [0.15, 0.2) is 5.69 Å². The summed E-state index contributed by atoms with van der Waals surface area (Å²) in [6, 6.07) is 0. The van der Waals surface area contributed by atoms with E-state index in [1.54, 1.807) is 6.20 Å². The van der Waals surface area contributed by atoms with Crippen molar-refractivity contribution >= 4 is 12.0 Å². The Labute approximate surface area is 169 Å². The fraction of sp³-hybridized carbons (Fsp3) is 0.542. The lowest BCUT2D eigenvalue weighted by Gasteiger charge is -2.32. The normalized spacial score (nSPS) is 17.2. The highest BCUT2D eigenvalue weighted by Crippen LogP contribution is 2.40. The Morgan fingerprint density at radius 2 is 2.04 bits per heavy atom. The van der Waals surface area contributed by atoms with Crippen molar-refractivity contribution < 1.29 is 9.53 Å². The third-order valence-electron chi connectivity index (χ3n) is 5.29. The molecule has 0 spiro atoms. The van der Waals surface area contributed by atoms with Crippen molar-refractivity contribution in [2.75, 3.05) is 6.61 Å². The predicted molar refractivity (Wildman–Crippen MR) is 115 cm³/mol. The largest absolute Gasteiger partial charge is 0.461 e. The quantitative estimate of drug-likeness (QED) is 0.300. The molecule has 1 aromatic rings. The van der Waals surface area contributed by atoms with Crippen LogP contribution in [-0.2, 0) is 4.74 Å². The van der Waals surface area contributed by atoms with Crippen molar-refractivity contribution in [3.63, 3.8) is 0 Å². The minimum Gasteiger partial charge on any atom is -0.461 e. The summed E-state index contributed by atoms with van der Waals surface area (Å²) in [6.45, 7) is 11.5. The Balaban J connectivity index is 2.00. The Morgan fingerprint density at radius 3 is 2.68 bits per heavy atom. The lowest BCUT2D eigenvalue weighted by atomic mass is 9.72. The van der Waals surface area contributed by atoms with Gasteiger partial charge in [0.2, 0.25) is 0 Å². The Hall–Kier alpha value is -2.23. The lowest BCUT2D eigenvalue weighted by molar-refractivity contribution is 0.0490. The summed E-state index contributed by atoms with van der Waals surface area (Å²) in [7, 11) is 0. The van der Waals surface area contributed by atoms with Crippen LogP contribution >= 0.6 is 0 Å². The van der Waals surface area contributed by atoms with E-state index in [2.05, 4.69) is 56.7 Å². The van der Waals surface area contributed by atoms with E-state index < -0.39 is 5.97 Å². The number of esters is 1. The molecule has 2 rings (SSSR count). The molecule has 0 bridgehead atoms. The summed E-state index contributed by atoms with van der Waals surface area (Å²) >= 11 is 0. The Bertz CT molecular complexity index is 755. The van der Waals surface area contributed by atoms with Gasteiger partial charge in [0.25, 0.3) is 0 Å². The van der Waals surface area contributed by atoms with Crippen molar-refractivity contribution in [3.8, 4) is 0 Å². The van der Waals surface area contributed by atoms with Crippen LogP contribution in [0.5, 0.6) is 0 Å². The number of aromatic nitrogens is 2. The number of allylic oxidation sites excluding steroid dienone is 5. The maximum Gasteiger partial charge on any atom is 0.358 e. The average molecular weight is 383 g/mol. The molecule has 0 atom stereocenters. The van der Waals surface area contributed by atoms with Gasteiger partial charge < -0.3 is 4.74 Å². The van der Waals surface area contributed by atoms with E-state index >= 15 is 0 Å². The molecule has 1 aromatic heterocycles. The van der Waals surface area contributed by atoms with Gasteiger partial charge in [-0.15, -0.1) is 0 Å². The molecule has 0 fully saturated rings. The summed E-state index contributed by atoms with van der Waals surface area (Å²) in [5.41, 5.74) is 5.26. The highest BCUT2D eigenvalue weighted by molar-refractivity contribution is 5.86. The average Bonchev–Trinajstić information content (AvgIpc) is 2.64. The van der Waals surface area contributed by atoms with Crippen LogP contribution in [0.15, 0.2) is 41.3 Å². The van der Waals surface area contributed by atoms with E-state index in [1.807, 2.05) is 6.08 Å². The minimum absolute atomic E-state index is 0.234. The van der Waals surface area contributed by atoms with Crippen LogP contribution in [0.3, 0.4) is 0 Å². The summed E-state index contributed by atoms with van der Waals surface area (Å²) in [5, 5.41) is 0. The maximum absolute atomic E-state index is 12.0. The number of hydrogen-bond donors (Lipinski definition) is 0. The molecule has 0 amide bonds. The molecular formula is C24H34N2O2. The summed E-state index contributed by atoms with van der Waals surface area (Å²) in [6.07, 6.45) is 16.2. The second-order valence-corrected chi connectivity index (χ2v) is 8.32. The second kappa shape index (κ2) is 10.4. The number of nitrogens with zero attached hydrogens (tertiary/aromatic N) is 2. The number of hydrogen-bond acceptors (Lipinski definition) is 4. The fourth-order valence-electron chi connectivity index (χ4n) is 3.62. The summed E-state index contributed by atoms with van der Waals surface area (Å²) < 4.78 is 5.21. The number of carbonyl (C=O) groups is 1. The molecular weight excluding hydrogens is 348 g/mol. The molecule has 28 heavy (non-hydrogen) atoms. The molecule has 4 heteroatoms. The Kier molecular flexibility index (Phi) is 8.16. The first-order valence-electron chi connectivity index (χ1n) is 10.4. The van der Waals surface area contributed by atoms with E-state index in [-0.39, 0.29) is 11.1 Å². The summed E-state index contributed by atoms with van der Waals surface area (Å²) in [5.74, 6) is -0.405. The molecule has 152 valence electrons. The molecule has 0 aliphatic heterocycles. The first kappa shape index (κ1) is 22.1. The van der Waals surface area contributed by atoms with Crippen LogP contribution in [0.1, 0.15) is 89.3 Å². The molecule has 4 nitrogen and oxygen atoms in total. The first-order chi connectivity index (χ1) is 13.3. The van der Waals surface area contributed by atoms with Gasteiger partial charge in [-0.2, -0.15) is 0 Å². The van der Waals surface area contributed by atoms with E-state index in [1.165, 1.54) is 36.6 Å². The van der Waals surface area contributed by atoms with Crippen LogP contribution in [-0.4, -0.2) is 22.5 Å². The van der Waals surface area contributed by atoms with Gasteiger partial charge in [-0.3, -0.25) is 4.98 Å². The molecule has 0 unspecified atom stereocenters. The van der Waals surface area contributed by atoms with Gasteiger partial charge in [-0.1, -0.05) is 51.3 Å². The van der Waals surface area contributed by atoms with E-state index in [0.717, 1.165) is 30.5 Å².